The Morgan fingerprint density at radius 3 is 2.50 bits per heavy atom. The minimum Gasteiger partial charge on any atom is -0.480 e. The van der Waals surface area contributed by atoms with Crippen LogP contribution in [0.2, 0.25) is 0 Å². The first-order valence-electron chi connectivity index (χ1n) is 9.70. The Balaban J connectivity index is 1.94. The summed E-state index contributed by atoms with van der Waals surface area (Å²) in [5.74, 6) is -5.79. The summed E-state index contributed by atoms with van der Waals surface area (Å²) in [5, 5.41) is 2.81. The van der Waals surface area contributed by atoms with Crippen molar-refractivity contribution in [3.05, 3.63) is 29.6 Å². The lowest BCUT2D eigenvalue weighted by molar-refractivity contribution is -0.127. The average Bonchev–Trinajstić information content (AvgIpc) is 3.22. The summed E-state index contributed by atoms with van der Waals surface area (Å²) in [6.07, 6.45) is 5.60. The fourth-order valence-corrected chi connectivity index (χ4v) is 3.37. The number of benzene rings is 1. The first-order chi connectivity index (χ1) is 13.4. The van der Waals surface area contributed by atoms with Crippen molar-refractivity contribution in [1.29, 1.82) is 0 Å². The van der Waals surface area contributed by atoms with E-state index in [0.717, 1.165) is 31.7 Å². The van der Waals surface area contributed by atoms with Crippen molar-refractivity contribution >= 4 is 11.7 Å². The predicted molar refractivity (Wildman–Crippen MR) is 98.2 cm³/mol. The Kier molecular flexibility index (Phi) is 8.76. The molecular weight excluding hydrogens is 373 g/mol. The number of nitrogens with one attached hydrogen (secondary N) is 1. The molecule has 0 radical (unpaired) electrons. The summed E-state index contributed by atoms with van der Waals surface area (Å²) in [6.45, 7) is 0.00561. The Bertz CT molecular complexity index is 679. The third kappa shape index (κ3) is 6.22. The van der Waals surface area contributed by atoms with Crippen LogP contribution in [-0.4, -0.2) is 31.4 Å². The molecule has 1 aromatic rings. The number of halogens is 3. The number of ether oxygens (including phenoxy) is 1. The number of hydrogen-bond acceptors (Lipinski definition) is 4. The van der Waals surface area contributed by atoms with Gasteiger partial charge in [0.1, 0.15) is 6.61 Å². The maximum atomic E-state index is 13.7. The van der Waals surface area contributed by atoms with Crippen molar-refractivity contribution in [2.45, 2.75) is 44.9 Å². The number of Topliss-reactive ketones (excluding diaryl/α,β-unsaturated/α-hetero) is 1. The van der Waals surface area contributed by atoms with E-state index in [2.05, 4.69) is 5.32 Å². The summed E-state index contributed by atoms with van der Waals surface area (Å²) in [4.78, 5) is 24.7. The number of rotatable bonds is 11. The molecule has 1 aliphatic rings. The van der Waals surface area contributed by atoms with Crippen LogP contribution >= 0.6 is 0 Å². The van der Waals surface area contributed by atoms with E-state index in [9.17, 15) is 22.8 Å². The van der Waals surface area contributed by atoms with Crippen LogP contribution in [0.25, 0.3) is 0 Å². The van der Waals surface area contributed by atoms with Crippen LogP contribution < -0.4 is 15.8 Å². The van der Waals surface area contributed by atoms with Gasteiger partial charge in [0.25, 0.3) is 0 Å². The van der Waals surface area contributed by atoms with Crippen molar-refractivity contribution in [3.63, 3.8) is 0 Å². The zero-order chi connectivity index (χ0) is 20.5. The molecule has 2 rings (SSSR count). The SMILES string of the molecule is NCCCC[C@H](CNC(=O)C1CCCC1)C(=O)COc1c(F)ccc(F)c1F. The molecule has 1 aliphatic carbocycles. The molecule has 1 amide bonds. The second-order valence-electron chi connectivity index (χ2n) is 7.14. The topological polar surface area (TPSA) is 81.4 Å². The summed E-state index contributed by atoms with van der Waals surface area (Å²) >= 11 is 0. The molecule has 28 heavy (non-hydrogen) atoms. The molecule has 0 spiro atoms. The Morgan fingerprint density at radius 1 is 1.14 bits per heavy atom. The monoisotopic (exact) mass is 400 g/mol. The molecule has 8 heteroatoms. The van der Waals surface area contributed by atoms with Gasteiger partial charge >= 0.3 is 0 Å². The number of carbonyl (C=O) groups excluding carboxylic acids is 2. The van der Waals surface area contributed by atoms with E-state index in [-0.39, 0.29) is 18.4 Å². The Morgan fingerprint density at radius 2 is 1.82 bits per heavy atom. The predicted octanol–water partition coefficient (Wildman–Crippen LogP) is 3.10. The molecule has 1 atom stereocenters. The third-order valence-electron chi connectivity index (χ3n) is 5.07. The highest BCUT2D eigenvalue weighted by Crippen LogP contribution is 2.25. The van der Waals surface area contributed by atoms with Crippen LogP contribution in [0.4, 0.5) is 13.2 Å². The van der Waals surface area contributed by atoms with Gasteiger partial charge in [0.05, 0.1) is 0 Å². The zero-order valence-electron chi connectivity index (χ0n) is 15.8. The van der Waals surface area contributed by atoms with Crippen LogP contribution in [0.15, 0.2) is 12.1 Å². The Hall–Kier alpha value is -2.09. The van der Waals surface area contributed by atoms with Gasteiger partial charge in [0.15, 0.2) is 23.2 Å². The Labute approximate surface area is 162 Å². The lowest BCUT2D eigenvalue weighted by Gasteiger charge is -2.18. The zero-order valence-corrected chi connectivity index (χ0v) is 15.8. The van der Waals surface area contributed by atoms with Crippen molar-refractivity contribution in [1.82, 2.24) is 5.32 Å². The number of ketones is 1. The van der Waals surface area contributed by atoms with Crippen LogP contribution in [0.5, 0.6) is 5.75 Å². The highest BCUT2D eigenvalue weighted by molar-refractivity contribution is 5.84. The quantitative estimate of drug-likeness (QED) is 0.442. The van der Waals surface area contributed by atoms with E-state index in [1.165, 1.54) is 0 Å². The van der Waals surface area contributed by atoms with Gasteiger partial charge < -0.3 is 15.8 Å². The van der Waals surface area contributed by atoms with Gasteiger partial charge in [0.2, 0.25) is 11.7 Å². The van der Waals surface area contributed by atoms with Crippen molar-refractivity contribution in [2.75, 3.05) is 19.7 Å². The maximum absolute atomic E-state index is 13.7. The minimum atomic E-state index is -1.47. The number of carbonyl (C=O) groups is 2. The van der Waals surface area contributed by atoms with Crippen molar-refractivity contribution < 1.29 is 27.5 Å². The van der Waals surface area contributed by atoms with E-state index >= 15 is 0 Å². The van der Waals surface area contributed by atoms with Crippen LogP contribution in [0.1, 0.15) is 44.9 Å². The molecule has 156 valence electrons. The number of nitrogens with two attached hydrogens (primary N) is 1. The largest absolute Gasteiger partial charge is 0.480 e. The summed E-state index contributed by atoms with van der Waals surface area (Å²) in [5.41, 5.74) is 5.48. The average molecular weight is 400 g/mol. The minimum absolute atomic E-state index is 0.0217. The molecule has 1 fully saturated rings. The molecule has 0 saturated heterocycles. The molecule has 3 N–H and O–H groups in total. The smallest absolute Gasteiger partial charge is 0.223 e. The molecule has 0 bridgehead atoms. The number of unbranched alkanes of at least 4 members (excludes halogenated alkanes) is 1. The number of hydrogen-bond donors (Lipinski definition) is 2. The van der Waals surface area contributed by atoms with Gasteiger partial charge in [-0.15, -0.1) is 0 Å². The summed E-state index contributed by atoms with van der Waals surface area (Å²) in [6, 6.07) is 1.38. The molecule has 0 aliphatic heterocycles. The first kappa shape index (κ1) is 22.2. The van der Waals surface area contributed by atoms with Crippen LogP contribution in [0.3, 0.4) is 0 Å². The maximum Gasteiger partial charge on any atom is 0.223 e. The molecule has 0 unspecified atom stereocenters. The van der Waals surface area contributed by atoms with Gasteiger partial charge in [-0.2, -0.15) is 4.39 Å². The third-order valence-corrected chi connectivity index (χ3v) is 5.07. The van der Waals surface area contributed by atoms with E-state index < -0.39 is 41.5 Å². The first-order valence-corrected chi connectivity index (χ1v) is 9.70. The van der Waals surface area contributed by atoms with E-state index in [1.807, 2.05) is 0 Å². The van der Waals surface area contributed by atoms with E-state index in [1.54, 1.807) is 0 Å². The molecule has 0 heterocycles. The van der Waals surface area contributed by atoms with E-state index in [0.29, 0.717) is 31.9 Å². The van der Waals surface area contributed by atoms with E-state index in [4.69, 9.17) is 10.5 Å². The molecule has 0 aromatic heterocycles. The van der Waals surface area contributed by atoms with Crippen molar-refractivity contribution in [3.8, 4) is 5.75 Å². The summed E-state index contributed by atoms with van der Waals surface area (Å²) < 4.78 is 45.5. The van der Waals surface area contributed by atoms with Crippen molar-refractivity contribution in [2.24, 2.45) is 17.6 Å². The summed E-state index contributed by atoms with van der Waals surface area (Å²) in [7, 11) is 0. The highest BCUT2D eigenvalue weighted by atomic mass is 19.2. The van der Waals surface area contributed by atoms with Gasteiger partial charge in [-0.25, -0.2) is 8.78 Å². The van der Waals surface area contributed by atoms with Crippen LogP contribution in [0, 0.1) is 29.3 Å². The highest BCUT2D eigenvalue weighted by Gasteiger charge is 2.26. The molecule has 1 aromatic carbocycles. The number of amides is 1. The fourth-order valence-electron chi connectivity index (χ4n) is 3.37. The fraction of sp³-hybridized carbons (Fsp3) is 0.600. The lowest BCUT2D eigenvalue weighted by Crippen LogP contribution is -2.37. The standard InChI is InChI=1S/C20H27F3N2O3/c21-15-8-9-16(22)19(18(15)23)28-12-17(26)14(7-3-4-10-24)11-25-20(27)13-5-1-2-6-13/h8-9,13-14H,1-7,10-12,24H2,(H,25,27)/t14-/m1/s1. The van der Waals surface area contributed by atoms with Gasteiger partial charge in [-0.1, -0.05) is 19.3 Å². The van der Waals surface area contributed by atoms with Gasteiger partial charge in [-0.3, -0.25) is 9.59 Å². The molecule has 1 saturated carbocycles. The molecular formula is C20H27F3N2O3. The van der Waals surface area contributed by atoms with Gasteiger partial charge in [0, 0.05) is 18.4 Å². The second kappa shape index (κ2) is 11.0. The van der Waals surface area contributed by atoms with Crippen LogP contribution in [-0.2, 0) is 9.59 Å². The molecule has 5 nitrogen and oxygen atoms in total. The lowest BCUT2D eigenvalue weighted by atomic mass is 9.96. The normalized spacial score (nSPS) is 15.4. The second-order valence-corrected chi connectivity index (χ2v) is 7.14. The van der Waals surface area contributed by atoms with Gasteiger partial charge in [-0.05, 0) is 44.4 Å².